The van der Waals surface area contributed by atoms with Gasteiger partial charge in [0.25, 0.3) is 0 Å². The average molecular weight is 288 g/mol. The van der Waals surface area contributed by atoms with Crippen molar-refractivity contribution in [2.75, 3.05) is 0 Å². The smallest absolute Gasteiger partial charge is 0.0622 e. The molecule has 4 rings (SSSR count). The van der Waals surface area contributed by atoms with Gasteiger partial charge in [0, 0.05) is 0 Å². The second-order valence-corrected chi connectivity index (χ2v) is 9.27. The molecule has 4 saturated carbocycles. The lowest BCUT2D eigenvalue weighted by atomic mass is 9.49. The highest BCUT2D eigenvalue weighted by molar-refractivity contribution is 5.20. The van der Waals surface area contributed by atoms with E-state index in [0.717, 1.165) is 42.4 Å². The Labute approximate surface area is 130 Å². The highest BCUT2D eigenvalue weighted by Gasteiger charge is 2.55. The van der Waals surface area contributed by atoms with E-state index in [1.165, 1.54) is 44.9 Å². The Balaban J connectivity index is 1.57. The fraction of sp³-hybridized carbons (Fsp3) is 0.900. The van der Waals surface area contributed by atoms with Gasteiger partial charge in [0.05, 0.1) is 5.60 Å². The van der Waals surface area contributed by atoms with Gasteiger partial charge in [0.1, 0.15) is 0 Å². The minimum absolute atomic E-state index is 0.376. The molecule has 0 spiro atoms. The Morgan fingerprint density at radius 1 is 0.952 bits per heavy atom. The minimum atomic E-state index is -0.376. The first-order chi connectivity index (χ1) is 9.91. The molecule has 0 heterocycles. The Morgan fingerprint density at radius 2 is 1.71 bits per heavy atom. The van der Waals surface area contributed by atoms with E-state index in [2.05, 4.69) is 20.4 Å². The van der Waals surface area contributed by atoms with Crippen LogP contribution < -0.4 is 0 Å². The van der Waals surface area contributed by atoms with E-state index in [-0.39, 0.29) is 5.60 Å². The van der Waals surface area contributed by atoms with Crippen LogP contribution in [0.15, 0.2) is 12.2 Å². The molecular formula is C20H32O. The Kier molecular flexibility index (Phi) is 3.13. The lowest BCUT2D eigenvalue weighted by Crippen LogP contribution is -2.49. The Bertz CT molecular complexity index is 451. The molecule has 0 saturated heterocycles. The summed E-state index contributed by atoms with van der Waals surface area (Å²) in [6.07, 6.45) is 11.7. The lowest BCUT2D eigenvalue weighted by molar-refractivity contribution is -0.0899. The van der Waals surface area contributed by atoms with Crippen LogP contribution in [-0.4, -0.2) is 10.7 Å². The summed E-state index contributed by atoms with van der Waals surface area (Å²) in [5.74, 6) is 4.58. The van der Waals surface area contributed by atoms with Gasteiger partial charge in [-0.15, -0.1) is 0 Å². The largest absolute Gasteiger partial charge is 0.390 e. The summed E-state index contributed by atoms with van der Waals surface area (Å²) in [4.78, 5) is 0. The standard InChI is InChI=1S/C20H32O/c1-13-4-7-18-17-6-5-14-12-19(2,21)10-8-15(14)16(17)9-11-20(13,18)3/h14-18,21H,1,4-12H2,2-3H3. The summed E-state index contributed by atoms with van der Waals surface area (Å²) in [7, 11) is 0. The second kappa shape index (κ2) is 4.60. The van der Waals surface area contributed by atoms with Gasteiger partial charge in [-0.05, 0) is 99.7 Å². The van der Waals surface area contributed by atoms with Crippen molar-refractivity contribution < 1.29 is 5.11 Å². The van der Waals surface area contributed by atoms with Gasteiger partial charge < -0.3 is 5.11 Å². The molecule has 118 valence electrons. The SMILES string of the molecule is C=C1CCC2C3CCC4CC(C)(O)CCC4C3CCC12C. The third-order valence-corrected chi connectivity index (χ3v) is 8.19. The zero-order valence-electron chi connectivity index (χ0n) is 13.9. The number of aliphatic hydroxyl groups is 1. The molecule has 1 N–H and O–H groups in total. The number of hydrogen-bond acceptors (Lipinski definition) is 1. The first-order valence-electron chi connectivity index (χ1n) is 9.31. The molecule has 21 heavy (non-hydrogen) atoms. The molecule has 4 aliphatic carbocycles. The van der Waals surface area contributed by atoms with Gasteiger partial charge in [-0.3, -0.25) is 0 Å². The third kappa shape index (κ3) is 2.06. The van der Waals surface area contributed by atoms with E-state index in [1.807, 2.05) is 0 Å². The lowest BCUT2D eigenvalue weighted by Gasteiger charge is -2.56. The van der Waals surface area contributed by atoms with E-state index in [0.29, 0.717) is 5.41 Å². The topological polar surface area (TPSA) is 20.2 Å². The van der Waals surface area contributed by atoms with Gasteiger partial charge >= 0.3 is 0 Å². The van der Waals surface area contributed by atoms with Crippen LogP contribution in [0.4, 0.5) is 0 Å². The minimum Gasteiger partial charge on any atom is -0.390 e. The first kappa shape index (κ1) is 14.3. The normalized spacial score (nSPS) is 56.5. The summed E-state index contributed by atoms with van der Waals surface area (Å²) < 4.78 is 0. The van der Waals surface area contributed by atoms with Crippen molar-refractivity contribution in [1.29, 1.82) is 0 Å². The van der Waals surface area contributed by atoms with E-state index >= 15 is 0 Å². The van der Waals surface area contributed by atoms with Gasteiger partial charge in [-0.25, -0.2) is 0 Å². The van der Waals surface area contributed by atoms with Crippen molar-refractivity contribution >= 4 is 0 Å². The number of fused-ring (bicyclic) bond motifs is 5. The summed E-state index contributed by atoms with van der Waals surface area (Å²) in [6.45, 7) is 8.99. The van der Waals surface area contributed by atoms with E-state index in [9.17, 15) is 5.11 Å². The summed E-state index contributed by atoms with van der Waals surface area (Å²) in [5.41, 5.74) is 1.65. The van der Waals surface area contributed by atoms with Crippen LogP contribution >= 0.6 is 0 Å². The van der Waals surface area contributed by atoms with E-state index < -0.39 is 0 Å². The van der Waals surface area contributed by atoms with Crippen LogP contribution in [0.5, 0.6) is 0 Å². The van der Waals surface area contributed by atoms with Crippen molar-refractivity contribution in [2.45, 2.75) is 77.2 Å². The number of allylic oxidation sites excluding steroid dienone is 1. The highest BCUT2D eigenvalue weighted by atomic mass is 16.3. The summed E-state index contributed by atoms with van der Waals surface area (Å²) in [6, 6.07) is 0. The van der Waals surface area contributed by atoms with E-state index in [4.69, 9.17) is 0 Å². The zero-order valence-corrected chi connectivity index (χ0v) is 13.9. The van der Waals surface area contributed by atoms with Crippen molar-refractivity contribution in [1.82, 2.24) is 0 Å². The maximum absolute atomic E-state index is 10.4. The van der Waals surface area contributed by atoms with Gasteiger partial charge in [0.2, 0.25) is 0 Å². The van der Waals surface area contributed by atoms with Crippen LogP contribution in [-0.2, 0) is 0 Å². The van der Waals surface area contributed by atoms with Gasteiger partial charge in [0.15, 0.2) is 0 Å². The molecule has 0 bridgehead atoms. The molecule has 1 heteroatoms. The molecule has 4 fully saturated rings. The molecule has 0 aromatic rings. The molecule has 0 aromatic heterocycles. The molecule has 7 atom stereocenters. The highest BCUT2D eigenvalue weighted by Crippen LogP contribution is 2.64. The van der Waals surface area contributed by atoms with Crippen molar-refractivity contribution in [3.05, 3.63) is 12.2 Å². The molecule has 0 aliphatic heterocycles. The molecule has 4 aliphatic rings. The molecule has 0 radical (unpaired) electrons. The maximum Gasteiger partial charge on any atom is 0.0622 e. The third-order valence-electron chi connectivity index (χ3n) is 8.19. The molecule has 0 amide bonds. The van der Waals surface area contributed by atoms with Gasteiger partial charge in [-0.2, -0.15) is 0 Å². The monoisotopic (exact) mass is 288 g/mol. The first-order valence-corrected chi connectivity index (χ1v) is 9.31. The molecule has 0 aromatic carbocycles. The Morgan fingerprint density at radius 3 is 2.52 bits per heavy atom. The maximum atomic E-state index is 10.4. The van der Waals surface area contributed by atoms with Crippen LogP contribution in [0.1, 0.15) is 71.6 Å². The second-order valence-electron chi connectivity index (χ2n) is 9.27. The molecule has 1 nitrogen and oxygen atoms in total. The predicted octanol–water partition coefficient (Wildman–Crippen LogP) is 4.95. The average Bonchev–Trinajstić information content (AvgIpc) is 2.73. The van der Waals surface area contributed by atoms with Crippen LogP contribution in [0.25, 0.3) is 0 Å². The predicted molar refractivity (Wildman–Crippen MR) is 86.9 cm³/mol. The molecular weight excluding hydrogens is 256 g/mol. The fourth-order valence-corrected chi connectivity index (χ4v) is 6.99. The Hall–Kier alpha value is -0.300. The zero-order chi connectivity index (χ0) is 14.8. The summed E-state index contributed by atoms with van der Waals surface area (Å²) >= 11 is 0. The molecule has 7 unspecified atom stereocenters. The van der Waals surface area contributed by atoms with Crippen molar-refractivity contribution in [2.24, 2.45) is 35.0 Å². The number of hydrogen-bond donors (Lipinski definition) is 1. The van der Waals surface area contributed by atoms with Crippen LogP contribution in [0.2, 0.25) is 0 Å². The number of rotatable bonds is 0. The van der Waals surface area contributed by atoms with Gasteiger partial charge in [-0.1, -0.05) is 19.1 Å². The fourth-order valence-electron chi connectivity index (χ4n) is 6.99. The van der Waals surface area contributed by atoms with Crippen molar-refractivity contribution in [3.63, 3.8) is 0 Å². The van der Waals surface area contributed by atoms with Crippen LogP contribution in [0.3, 0.4) is 0 Å². The van der Waals surface area contributed by atoms with E-state index in [1.54, 1.807) is 5.57 Å². The van der Waals surface area contributed by atoms with Crippen molar-refractivity contribution in [3.8, 4) is 0 Å². The quantitative estimate of drug-likeness (QED) is 0.626. The van der Waals surface area contributed by atoms with Crippen LogP contribution in [0, 0.1) is 35.0 Å². The summed E-state index contributed by atoms with van der Waals surface area (Å²) in [5, 5.41) is 10.4.